The van der Waals surface area contributed by atoms with Gasteiger partial charge in [0.05, 0.1) is 11.3 Å². The highest BCUT2D eigenvalue weighted by Gasteiger charge is 2.33. The smallest absolute Gasteiger partial charge is 0.356 e. The maximum atomic E-state index is 12.8. The number of para-hydroxylation sites is 1. The molecular weight excluding hydrogens is 285 g/mol. The van der Waals surface area contributed by atoms with Crippen LogP contribution < -0.4 is 5.32 Å². The molecule has 2 N–H and O–H groups in total. The number of carbonyl (C=O) groups is 2. The number of aromatic nitrogens is 1. The highest BCUT2D eigenvalue weighted by molar-refractivity contribution is 6.05. The van der Waals surface area contributed by atoms with Crippen molar-refractivity contribution in [3.63, 3.8) is 0 Å². The average molecular weight is 296 g/mol. The van der Waals surface area contributed by atoms with Crippen molar-refractivity contribution in [2.75, 3.05) is 5.32 Å². The molecular formula is C14H11F3N2O2. The van der Waals surface area contributed by atoms with Gasteiger partial charge in [-0.05, 0) is 25.1 Å². The third-order valence-electron chi connectivity index (χ3n) is 2.81. The highest BCUT2D eigenvalue weighted by atomic mass is 19.4. The van der Waals surface area contributed by atoms with Crippen molar-refractivity contribution in [1.29, 1.82) is 0 Å². The molecule has 2 aromatic rings. The zero-order valence-electron chi connectivity index (χ0n) is 10.9. The quantitative estimate of drug-likeness (QED) is 0.852. The lowest BCUT2D eigenvalue weighted by Crippen LogP contribution is -2.16. The van der Waals surface area contributed by atoms with E-state index in [4.69, 9.17) is 0 Å². The van der Waals surface area contributed by atoms with Gasteiger partial charge in [0.1, 0.15) is 5.69 Å². The number of rotatable bonds is 3. The Morgan fingerprint density at radius 1 is 1.19 bits per heavy atom. The molecule has 0 atom stereocenters. The molecule has 110 valence electrons. The summed E-state index contributed by atoms with van der Waals surface area (Å²) < 4.78 is 38.4. The van der Waals surface area contributed by atoms with E-state index in [9.17, 15) is 22.8 Å². The molecule has 0 radical (unpaired) electrons. The standard InChI is InChI=1S/C14H11F3N2O2/c1-8(20)9-6-12(18-7-9)13(21)19-11-5-3-2-4-10(11)14(15,16)17/h2-7,18H,1H3,(H,19,21). The fourth-order valence-electron chi connectivity index (χ4n) is 1.76. The molecule has 0 aliphatic rings. The van der Waals surface area contributed by atoms with Gasteiger partial charge in [0.15, 0.2) is 5.78 Å². The molecule has 1 aromatic carbocycles. The second-order valence-electron chi connectivity index (χ2n) is 4.36. The molecule has 0 aliphatic carbocycles. The number of Topliss-reactive ketones (excluding diaryl/α,β-unsaturated/α-hetero) is 1. The lowest BCUT2D eigenvalue weighted by Gasteiger charge is -2.12. The molecule has 0 spiro atoms. The van der Waals surface area contributed by atoms with Crippen LogP contribution in [0.4, 0.5) is 18.9 Å². The number of nitrogens with one attached hydrogen (secondary N) is 2. The van der Waals surface area contributed by atoms with Crippen molar-refractivity contribution in [2.45, 2.75) is 13.1 Å². The second-order valence-corrected chi connectivity index (χ2v) is 4.36. The van der Waals surface area contributed by atoms with E-state index in [1.54, 1.807) is 0 Å². The molecule has 0 aliphatic heterocycles. The Morgan fingerprint density at radius 2 is 1.86 bits per heavy atom. The summed E-state index contributed by atoms with van der Waals surface area (Å²) in [4.78, 5) is 25.6. The maximum Gasteiger partial charge on any atom is 0.418 e. The number of anilines is 1. The molecule has 0 saturated carbocycles. The molecule has 2 rings (SSSR count). The molecule has 1 aromatic heterocycles. The Labute approximate surface area is 118 Å². The van der Waals surface area contributed by atoms with Crippen LogP contribution in [0.15, 0.2) is 36.5 Å². The van der Waals surface area contributed by atoms with Gasteiger partial charge in [0.2, 0.25) is 0 Å². The van der Waals surface area contributed by atoms with Crippen LogP contribution in [0, 0.1) is 0 Å². The number of ketones is 1. The van der Waals surface area contributed by atoms with Crippen LogP contribution in [0.1, 0.15) is 33.3 Å². The van der Waals surface area contributed by atoms with Gasteiger partial charge in [-0.2, -0.15) is 13.2 Å². The highest BCUT2D eigenvalue weighted by Crippen LogP contribution is 2.34. The summed E-state index contributed by atoms with van der Waals surface area (Å²) in [7, 11) is 0. The summed E-state index contributed by atoms with van der Waals surface area (Å²) in [6.07, 6.45) is -3.24. The first kappa shape index (κ1) is 14.8. The number of hydrogen-bond donors (Lipinski definition) is 2. The van der Waals surface area contributed by atoms with Crippen LogP contribution in [0.3, 0.4) is 0 Å². The minimum absolute atomic E-state index is 0.0113. The maximum absolute atomic E-state index is 12.8. The zero-order chi connectivity index (χ0) is 15.6. The Balaban J connectivity index is 2.25. The van der Waals surface area contributed by atoms with E-state index in [1.165, 1.54) is 31.3 Å². The summed E-state index contributed by atoms with van der Waals surface area (Å²) in [6.45, 7) is 1.32. The lowest BCUT2D eigenvalue weighted by molar-refractivity contribution is -0.136. The van der Waals surface area contributed by atoms with E-state index in [2.05, 4.69) is 10.3 Å². The summed E-state index contributed by atoms with van der Waals surface area (Å²) in [6, 6.07) is 5.95. The monoisotopic (exact) mass is 296 g/mol. The number of amides is 1. The molecule has 0 fully saturated rings. The first-order valence-electron chi connectivity index (χ1n) is 5.96. The van der Waals surface area contributed by atoms with Crippen LogP contribution in [-0.4, -0.2) is 16.7 Å². The van der Waals surface area contributed by atoms with E-state index in [0.29, 0.717) is 0 Å². The first-order chi connectivity index (χ1) is 9.79. The zero-order valence-corrected chi connectivity index (χ0v) is 10.9. The van der Waals surface area contributed by atoms with Gasteiger partial charge in [-0.3, -0.25) is 9.59 Å². The first-order valence-corrected chi connectivity index (χ1v) is 5.96. The number of benzene rings is 1. The summed E-state index contributed by atoms with van der Waals surface area (Å²) >= 11 is 0. The summed E-state index contributed by atoms with van der Waals surface area (Å²) in [5, 5.41) is 2.18. The number of H-pyrrole nitrogens is 1. The van der Waals surface area contributed by atoms with Crippen molar-refractivity contribution < 1.29 is 22.8 Å². The van der Waals surface area contributed by atoms with Gasteiger partial charge in [0, 0.05) is 11.8 Å². The van der Waals surface area contributed by atoms with Crippen LogP contribution in [0.5, 0.6) is 0 Å². The van der Waals surface area contributed by atoms with Gasteiger partial charge < -0.3 is 10.3 Å². The average Bonchev–Trinajstić information content (AvgIpc) is 2.88. The molecule has 7 heteroatoms. The predicted octanol–water partition coefficient (Wildman–Crippen LogP) is 3.49. The SMILES string of the molecule is CC(=O)c1c[nH]c(C(=O)Nc2ccccc2C(F)(F)F)c1. The van der Waals surface area contributed by atoms with Crippen molar-refractivity contribution in [3.8, 4) is 0 Å². The van der Waals surface area contributed by atoms with Gasteiger partial charge in [-0.15, -0.1) is 0 Å². The molecule has 0 saturated heterocycles. The van der Waals surface area contributed by atoms with Gasteiger partial charge >= 0.3 is 6.18 Å². The van der Waals surface area contributed by atoms with Crippen molar-refractivity contribution in [3.05, 3.63) is 53.3 Å². The van der Waals surface area contributed by atoms with Gasteiger partial charge in [-0.1, -0.05) is 12.1 Å². The number of hydrogen-bond acceptors (Lipinski definition) is 2. The van der Waals surface area contributed by atoms with Crippen LogP contribution in [0.25, 0.3) is 0 Å². The number of halogens is 3. The molecule has 0 bridgehead atoms. The summed E-state index contributed by atoms with van der Waals surface area (Å²) in [5.74, 6) is -1.000. The summed E-state index contributed by atoms with van der Waals surface area (Å²) in [5.41, 5.74) is -0.980. The Morgan fingerprint density at radius 3 is 2.43 bits per heavy atom. The third-order valence-corrected chi connectivity index (χ3v) is 2.81. The number of alkyl halides is 3. The Bertz CT molecular complexity index is 690. The van der Waals surface area contributed by atoms with Crippen LogP contribution >= 0.6 is 0 Å². The van der Waals surface area contributed by atoms with Gasteiger partial charge in [0.25, 0.3) is 5.91 Å². The molecule has 21 heavy (non-hydrogen) atoms. The topological polar surface area (TPSA) is 62.0 Å². The van der Waals surface area contributed by atoms with Crippen molar-refractivity contribution in [1.82, 2.24) is 4.98 Å². The predicted molar refractivity (Wildman–Crippen MR) is 70.2 cm³/mol. The minimum Gasteiger partial charge on any atom is -0.356 e. The molecule has 0 unspecified atom stereocenters. The van der Waals surface area contributed by atoms with Crippen molar-refractivity contribution in [2.24, 2.45) is 0 Å². The van der Waals surface area contributed by atoms with Gasteiger partial charge in [-0.25, -0.2) is 0 Å². The normalized spacial score (nSPS) is 11.2. The fraction of sp³-hybridized carbons (Fsp3) is 0.143. The van der Waals surface area contributed by atoms with E-state index >= 15 is 0 Å². The van der Waals surface area contributed by atoms with E-state index in [1.807, 2.05) is 0 Å². The number of carbonyl (C=O) groups excluding carboxylic acids is 2. The Kier molecular flexibility index (Phi) is 3.84. The van der Waals surface area contributed by atoms with Crippen LogP contribution in [0.2, 0.25) is 0 Å². The Hall–Kier alpha value is -2.57. The molecule has 1 amide bonds. The van der Waals surface area contributed by atoms with Crippen LogP contribution in [-0.2, 0) is 6.18 Å². The van der Waals surface area contributed by atoms with E-state index in [0.717, 1.165) is 12.1 Å². The van der Waals surface area contributed by atoms with E-state index in [-0.39, 0.29) is 22.7 Å². The number of aromatic amines is 1. The van der Waals surface area contributed by atoms with Crippen molar-refractivity contribution >= 4 is 17.4 Å². The molecule has 4 nitrogen and oxygen atoms in total. The second kappa shape index (κ2) is 5.43. The largest absolute Gasteiger partial charge is 0.418 e. The third kappa shape index (κ3) is 3.31. The van der Waals surface area contributed by atoms with E-state index < -0.39 is 17.6 Å². The fourth-order valence-corrected chi connectivity index (χ4v) is 1.76. The molecule has 1 heterocycles. The minimum atomic E-state index is -4.57. The lowest BCUT2D eigenvalue weighted by atomic mass is 10.1.